The lowest BCUT2D eigenvalue weighted by Gasteiger charge is -2.19. The standard InChI is InChI=1S/C22H22N2O4/c1-15-21(16(2)28-24-15)22(26)27-14-20(25)23-19(18-11-7-4-8-12-18)13-17-9-5-3-6-10-17/h3-12,19H,13-14H2,1-2H3,(H,23,25). The Hall–Kier alpha value is -3.41. The molecule has 0 saturated heterocycles. The second kappa shape index (κ2) is 8.99. The number of benzene rings is 2. The van der Waals surface area contributed by atoms with Gasteiger partial charge in [0.25, 0.3) is 5.91 Å². The molecule has 3 rings (SSSR count). The predicted octanol–water partition coefficient (Wildman–Crippen LogP) is 3.55. The average molecular weight is 378 g/mol. The van der Waals surface area contributed by atoms with Gasteiger partial charge in [-0.1, -0.05) is 65.8 Å². The van der Waals surface area contributed by atoms with Crippen molar-refractivity contribution in [2.45, 2.75) is 26.3 Å². The van der Waals surface area contributed by atoms with Crippen LogP contribution in [0.2, 0.25) is 0 Å². The van der Waals surface area contributed by atoms with Gasteiger partial charge in [-0.3, -0.25) is 4.79 Å². The van der Waals surface area contributed by atoms with Crippen molar-refractivity contribution >= 4 is 11.9 Å². The average Bonchev–Trinajstić information content (AvgIpc) is 3.05. The molecule has 0 aliphatic carbocycles. The van der Waals surface area contributed by atoms with Crippen LogP contribution >= 0.6 is 0 Å². The molecule has 144 valence electrons. The zero-order valence-electron chi connectivity index (χ0n) is 15.8. The van der Waals surface area contributed by atoms with Crippen molar-refractivity contribution in [1.29, 1.82) is 0 Å². The molecule has 28 heavy (non-hydrogen) atoms. The van der Waals surface area contributed by atoms with Gasteiger partial charge in [0.05, 0.1) is 11.7 Å². The Balaban J connectivity index is 1.65. The molecule has 0 fully saturated rings. The number of nitrogens with zero attached hydrogens (tertiary/aromatic N) is 1. The normalized spacial score (nSPS) is 11.6. The van der Waals surface area contributed by atoms with Crippen LogP contribution in [0.25, 0.3) is 0 Å². The minimum atomic E-state index is -0.620. The number of esters is 1. The first kappa shape index (κ1) is 19.4. The molecule has 0 spiro atoms. The van der Waals surface area contributed by atoms with E-state index in [1.54, 1.807) is 13.8 Å². The summed E-state index contributed by atoms with van der Waals surface area (Å²) in [4.78, 5) is 24.6. The first-order valence-corrected chi connectivity index (χ1v) is 9.03. The van der Waals surface area contributed by atoms with E-state index in [9.17, 15) is 9.59 Å². The quantitative estimate of drug-likeness (QED) is 0.636. The third-order valence-electron chi connectivity index (χ3n) is 4.39. The Morgan fingerprint density at radius 2 is 1.68 bits per heavy atom. The van der Waals surface area contributed by atoms with Crippen LogP contribution in [0, 0.1) is 13.8 Å². The topological polar surface area (TPSA) is 81.4 Å². The van der Waals surface area contributed by atoms with Gasteiger partial charge in [-0.15, -0.1) is 0 Å². The van der Waals surface area contributed by atoms with Crippen LogP contribution in [0.4, 0.5) is 0 Å². The van der Waals surface area contributed by atoms with Gasteiger partial charge in [-0.25, -0.2) is 4.79 Å². The minimum absolute atomic E-state index is 0.228. The molecule has 3 aromatic rings. The summed E-state index contributed by atoms with van der Waals surface area (Å²) in [7, 11) is 0. The van der Waals surface area contributed by atoms with Crippen LogP contribution in [0.15, 0.2) is 65.2 Å². The van der Waals surface area contributed by atoms with Crippen molar-refractivity contribution < 1.29 is 18.8 Å². The van der Waals surface area contributed by atoms with E-state index in [0.717, 1.165) is 11.1 Å². The number of ether oxygens (including phenoxy) is 1. The van der Waals surface area contributed by atoms with Crippen LogP contribution in [0.5, 0.6) is 0 Å². The number of amides is 1. The number of hydrogen-bond donors (Lipinski definition) is 1. The molecule has 6 nitrogen and oxygen atoms in total. The van der Waals surface area contributed by atoms with Gasteiger partial charge in [0.15, 0.2) is 6.61 Å². The van der Waals surface area contributed by atoms with Gasteiger partial charge in [0, 0.05) is 0 Å². The molecular formula is C22H22N2O4. The molecule has 1 amide bonds. The first-order valence-electron chi connectivity index (χ1n) is 9.03. The second-order valence-electron chi connectivity index (χ2n) is 6.50. The molecule has 0 saturated carbocycles. The number of aromatic nitrogens is 1. The molecule has 1 unspecified atom stereocenters. The lowest BCUT2D eigenvalue weighted by molar-refractivity contribution is -0.125. The SMILES string of the molecule is Cc1noc(C)c1C(=O)OCC(=O)NC(Cc1ccccc1)c1ccccc1. The van der Waals surface area contributed by atoms with Crippen molar-refractivity contribution in [2.24, 2.45) is 0 Å². The zero-order valence-corrected chi connectivity index (χ0v) is 15.8. The summed E-state index contributed by atoms with van der Waals surface area (Å²) in [6.07, 6.45) is 0.633. The van der Waals surface area contributed by atoms with Crippen molar-refractivity contribution in [3.63, 3.8) is 0 Å². The first-order chi connectivity index (χ1) is 13.5. The lowest BCUT2D eigenvalue weighted by Crippen LogP contribution is -2.33. The Bertz CT molecular complexity index is 916. The number of aryl methyl sites for hydroxylation is 2. The van der Waals surface area contributed by atoms with Crippen molar-refractivity contribution in [2.75, 3.05) is 6.61 Å². The molecule has 0 aliphatic rings. The van der Waals surface area contributed by atoms with Gasteiger partial charge in [-0.2, -0.15) is 0 Å². The number of carbonyl (C=O) groups is 2. The van der Waals surface area contributed by atoms with E-state index >= 15 is 0 Å². The molecule has 0 aliphatic heterocycles. The van der Waals surface area contributed by atoms with Crippen molar-refractivity contribution in [3.05, 3.63) is 88.8 Å². The Morgan fingerprint density at radius 3 is 2.29 bits per heavy atom. The van der Waals surface area contributed by atoms with E-state index in [0.29, 0.717) is 17.9 Å². The van der Waals surface area contributed by atoms with Crippen LogP contribution in [0.3, 0.4) is 0 Å². The fourth-order valence-corrected chi connectivity index (χ4v) is 3.00. The van der Waals surface area contributed by atoms with E-state index in [4.69, 9.17) is 9.26 Å². The third-order valence-corrected chi connectivity index (χ3v) is 4.39. The summed E-state index contributed by atoms with van der Waals surface area (Å²) >= 11 is 0. The molecule has 1 N–H and O–H groups in total. The predicted molar refractivity (Wildman–Crippen MR) is 104 cm³/mol. The third kappa shape index (κ3) is 4.85. The highest BCUT2D eigenvalue weighted by molar-refractivity contribution is 5.93. The molecular weight excluding hydrogens is 356 g/mol. The van der Waals surface area contributed by atoms with Crippen LogP contribution in [0.1, 0.15) is 39.0 Å². The lowest BCUT2D eigenvalue weighted by atomic mass is 9.99. The molecule has 2 aromatic carbocycles. The Morgan fingerprint density at radius 1 is 1.04 bits per heavy atom. The summed E-state index contributed by atoms with van der Waals surface area (Å²) in [5.74, 6) is -0.621. The largest absolute Gasteiger partial charge is 0.452 e. The maximum absolute atomic E-state index is 12.4. The van der Waals surface area contributed by atoms with Gasteiger partial charge in [-0.05, 0) is 31.4 Å². The summed E-state index contributed by atoms with van der Waals surface area (Å²) in [6, 6.07) is 19.4. The van der Waals surface area contributed by atoms with Crippen LogP contribution < -0.4 is 5.32 Å². The number of rotatable bonds is 7. The van der Waals surface area contributed by atoms with E-state index < -0.39 is 5.97 Å². The van der Waals surface area contributed by atoms with Gasteiger partial charge in [0.2, 0.25) is 0 Å². The number of nitrogens with one attached hydrogen (secondary N) is 1. The molecule has 1 atom stereocenters. The van der Waals surface area contributed by atoms with Crippen LogP contribution in [-0.2, 0) is 16.0 Å². The molecule has 1 aromatic heterocycles. The van der Waals surface area contributed by atoms with Crippen LogP contribution in [-0.4, -0.2) is 23.6 Å². The van der Waals surface area contributed by atoms with E-state index in [2.05, 4.69) is 10.5 Å². The van der Waals surface area contributed by atoms with E-state index in [-0.39, 0.29) is 24.1 Å². The van der Waals surface area contributed by atoms with E-state index in [1.165, 1.54) is 0 Å². The minimum Gasteiger partial charge on any atom is -0.452 e. The fourth-order valence-electron chi connectivity index (χ4n) is 3.00. The maximum Gasteiger partial charge on any atom is 0.344 e. The summed E-state index contributed by atoms with van der Waals surface area (Å²) in [5, 5.41) is 6.68. The van der Waals surface area contributed by atoms with Crippen molar-refractivity contribution in [3.8, 4) is 0 Å². The summed E-state index contributed by atoms with van der Waals surface area (Å²) < 4.78 is 10.1. The zero-order chi connectivity index (χ0) is 19.9. The molecule has 0 radical (unpaired) electrons. The summed E-state index contributed by atoms with van der Waals surface area (Å²) in [5.41, 5.74) is 2.78. The molecule has 1 heterocycles. The fraction of sp³-hybridized carbons (Fsp3) is 0.227. The number of hydrogen-bond acceptors (Lipinski definition) is 5. The highest BCUT2D eigenvalue weighted by Gasteiger charge is 2.21. The van der Waals surface area contributed by atoms with Gasteiger partial charge in [0.1, 0.15) is 11.3 Å². The molecule has 6 heteroatoms. The maximum atomic E-state index is 12.4. The Kier molecular flexibility index (Phi) is 6.22. The monoisotopic (exact) mass is 378 g/mol. The highest BCUT2D eigenvalue weighted by atomic mass is 16.5. The van der Waals surface area contributed by atoms with E-state index in [1.807, 2.05) is 60.7 Å². The second-order valence-corrected chi connectivity index (χ2v) is 6.50. The van der Waals surface area contributed by atoms with Crippen molar-refractivity contribution in [1.82, 2.24) is 10.5 Å². The molecule has 0 bridgehead atoms. The summed E-state index contributed by atoms with van der Waals surface area (Å²) in [6.45, 7) is 2.90. The van der Waals surface area contributed by atoms with Gasteiger partial charge >= 0.3 is 5.97 Å². The van der Waals surface area contributed by atoms with Gasteiger partial charge < -0.3 is 14.6 Å². The number of carbonyl (C=O) groups excluding carboxylic acids is 2. The Labute approximate surface area is 163 Å². The highest BCUT2D eigenvalue weighted by Crippen LogP contribution is 2.18. The smallest absolute Gasteiger partial charge is 0.344 e.